The molecule has 0 aromatic carbocycles. The minimum Gasteiger partial charge on any atom is -0.495 e. The lowest BCUT2D eigenvalue weighted by Gasteiger charge is -2.00. The number of aryl methyl sites for hydroxylation is 1. The van der Waals surface area contributed by atoms with Crippen LogP contribution >= 0.6 is 11.3 Å². The smallest absolute Gasteiger partial charge is 0.194 e. The number of nitrogens with zero attached hydrogens (tertiary/aromatic N) is 1. The third-order valence-corrected chi connectivity index (χ3v) is 4.11. The van der Waals surface area contributed by atoms with Gasteiger partial charge in [-0.05, 0) is 37.3 Å². The molecule has 2 aromatic rings. The van der Waals surface area contributed by atoms with E-state index >= 15 is 0 Å². The Kier molecular flexibility index (Phi) is 3.84. The Hall–Kier alpha value is -1.33. The van der Waals surface area contributed by atoms with E-state index < -0.39 is 0 Å². The molecule has 1 N–H and O–H groups in total. The van der Waals surface area contributed by atoms with E-state index in [9.17, 15) is 0 Å². The number of ether oxygens (including phenoxy) is 1. The lowest BCUT2D eigenvalue weighted by molar-refractivity contribution is 0.415. The lowest BCUT2D eigenvalue weighted by Crippen LogP contribution is -2.17. The largest absolute Gasteiger partial charge is 0.495 e. The van der Waals surface area contributed by atoms with Gasteiger partial charge in [0.05, 0.1) is 13.3 Å². The van der Waals surface area contributed by atoms with Crippen LogP contribution in [-0.4, -0.2) is 24.7 Å². The first-order valence-corrected chi connectivity index (χ1v) is 7.54. The molecule has 0 bridgehead atoms. The highest BCUT2D eigenvalue weighted by molar-refractivity contribution is 7.13. The minimum atomic E-state index is 0.774. The van der Waals surface area contributed by atoms with E-state index in [1.165, 1.54) is 12.8 Å². The Labute approximate surface area is 116 Å². The standard InChI is InChI=1S/C14H18N2O2S/c1-17-11-6-8-19-14(11)12-9-16-13(18-12)3-2-7-15-10-4-5-10/h6,8-10,15H,2-5,7H2,1H3. The van der Waals surface area contributed by atoms with Gasteiger partial charge in [0.1, 0.15) is 10.6 Å². The van der Waals surface area contributed by atoms with Crippen LogP contribution in [0.1, 0.15) is 25.2 Å². The van der Waals surface area contributed by atoms with E-state index in [4.69, 9.17) is 9.15 Å². The molecule has 0 spiro atoms. The summed E-state index contributed by atoms with van der Waals surface area (Å²) in [6, 6.07) is 2.72. The van der Waals surface area contributed by atoms with Gasteiger partial charge in [-0.15, -0.1) is 11.3 Å². The van der Waals surface area contributed by atoms with Gasteiger partial charge in [0.15, 0.2) is 11.7 Å². The molecule has 2 aromatic heterocycles. The van der Waals surface area contributed by atoms with Gasteiger partial charge in [-0.2, -0.15) is 0 Å². The van der Waals surface area contributed by atoms with Crippen LogP contribution in [0.5, 0.6) is 5.75 Å². The van der Waals surface area contributed by atoms with Crippen LogP contribution in [0, 0.1) is 0 Å². The van der Waals surface area contributed by atoms with Crippen LogP contribution in [0.25, 0.3) is 10.6 Å². The average molecular weight is 278 g/mol. The number of hydrogen-bond acceptors (Lipinski definition) is 5. The summed E-state index contributed by atoms with van der Waals surface area (Å²) in [5, 5.41) is 5.49. The van der Waals surface area contributed by atoms with E-state index in [2.05, 4.69) is 10.3 Å². The maximum Gasteiger partial charge on any atom is 0.194 e. The maximum atomic E-state index is 5.78. The second-order valence-electron chi connectivity index (χ2n) is 4.77. The van der Waals surface area contributed by atoms with Crippen molar-refractivity contribution in [2.45, 2.75) is 31.7 Å². The first-order valence-electron chi connectivity index (χ1n) is 6.67. The second-order valence-corrected chi connectivity index (χ2v) is 5.68. The van der Waals surface area contributed by atoms with Crippen molar-refractivity contribution < 1.29 is 9.15 Å². The van der Waals surface area contributed by atoms with E-state index in [1.807, 2.05) is 11.4 Å². The molecule has 5 heteroatoms. The van der Waals surface area contributed by atoms with Crippen molar-refractivity contribution in [1.82, 2.24) is 10.3 Å². The Morgan fingerprint density at radius 2 is 2.42 bits per heavy atom. The van der Waals surface area contributed by atoms with Crippen molar-refractivity contribution in [3.8, 4) is 16.4 Å². The molecule has 1 fully saturated rings. The summed E-state index contributed by atoms with van der Waals surface area (Å²) in [5.41, 5.74) is 0. The number of thiophene rings is 1. The summed E-state index contributed by atoms with van der Waals surface area (Å²) in [6.07, 6.45) is 6.41. The molecule has 3 rings (SSSR count). The molecule has 1 aliphatic carbocycles. The van der Waals surface area contributed by atoms with Crippen LogP contribution in [0.4, 0.5) is 0 Å². The summed E-state index contributed by atoms with van der Waals surface area (Å²) >= 11 is 1.61. The molecule has 0 aliphatic heterocycles. The molecule has 0 atom stereocenters. The highest BCUT2D eigenvalue weighted by Gasteiger charge is 2.19. The highest BCUT2D eigenvalue weighted by Crippen LogP contribution is 2.35. The topological polar surface area (TPSA) is 47.3 Å². The highest BCUT2D eigenvalue weighted by atomic mass is 32.1. The predicted octanol–water partition coefficient (Wildman–Crippen LogP) is 3.10. The van der Waals surface area contributed by atoms with E-state index in [1.54, 1.807) is 24.6 Å². The van der Waals surface area contributed by atoms with E-state index in [0.717, 1.165) is 47.7 Å². The van der Waals surface area contributed by atoms with Crippen molar-refractivity contribution in [3.05, 3.63) is 23.5 Å². The Bertz CT molecular complexity index is 531. The molecule has 2 heterocycles. The number of hydrogen-bond donors (Lipinski definition) is 1. The molecule has 0 saturated heterocycles. The van der Waals surface area contributed by atoms with Crippen LogP contribution in [0.15, 0.2) is 22.1 Å². The Morgan fingerprint density at radius 1 is 1.53 bits per heavy atom. The van der Waals surface area contributed by atoms with E-state index in [0.29, 0.717) is 0 Å². The molecule has 4 nitrogen and oxygen atoms in total. The van der Waals surface area contributed by atoms with Crippen molar-refractivity contribution in [2.24, 2.45) is 0 Å². The fraction of sp³-hybridized carbons (Fsp3) is 0.500. The summed E-state index contributed by atoms with van der Waals surface area (Å²) in [5.74, 6) is 2.46. The molecular formula is C14H18N2O2S. The van der Waals surface area contributed by atoms with Crippen LogP contribution in [0.3, 0.4) is 0 Å². The summed E-state index contributed by atoms with van der Waals surface area (Å²) in [6.45, 7) is 1.05. The number of nitrogens with one attached hydrogen (secondary N) is 1. The van der Waals surface area contributed by atoms with Crippen molar-refractivity contribution >= 4 is 11.3 Å². The number of oxazole rings is 1. The zero-order valence-electron chi connectivity index (χ0n) is 11.0. The van der Waals surface area contributed by atoms with Crippen LogP contribution in [0.2, 0.25) is 0 Å². The number of rotatable bonds is 7. The summed E-state index contributed by atoms with van der Waals surface area (Å²) < 4.78 is 11.1. The normalized spacial score (nSPS) is 14.8. The molecule has 19 heavy (non-hydrogen) atoms. The molecule has 0 amide bonds. The fourth-order valence-corrected chi connectivity index (χ4v) is 2.81. The lowest BCUT2D eigenvalue weighted by atomic mass is 10.3. The zero-order valence-corrected chi connectivity index (χ0v) is 11.8. The molecule has 1 saturated carbocycles. The molecular weight excluding hydrogens is 260 g/mol. The Morgan fingerprint density at radius 3 is 3.21 bits per heavy atom. The fourth-order valence-electron chi connectivity index (χ4n) is 2.00. The minimum absolute atomic E-state index is 0.774. The van der Waals surface area contributed by atoms with Gasteiger partial charge in [-0.25, -0.2) is 4.98 Å². The van der Waals surface area contributed by atoms with Gasteiger partial charge in [0.25, 0.3) is 0 Å². The third kappa shape index (κ3) is 3.16. The average Bonchev–Trinajstić information content (AvgIpc) is 2.94. The van der Waals surface area contributed by atoms with Crippen molar-refractivity contribution in [3.63, 3.8) is 0 Å². The monoisotopic (exact) mass is 278 g/mol. The summed E-state index contributed by atoms with van der Waals surface area (Å²) in [4.78, 5) is 5.35. The van der Waals surface area contributed by atoms with Crippen molar-refractivity contribution in [2.75, 3.05) is 13.7 Å². The zero-order chi connectivity index (χ0) is 13.1. The predicted molar refractivity (Wildman–Crippen MR) is 75.7 cm³/mol. The quantitative estimate of drug-likeness (QED) is 0.791. The third-order valence-electron chi connectivity index (χ3n) is 3.20. The van der Waals surface area contributed by atoms with Gasteiger partial charge in [0, 0.05) is 12.5 Å². The first-order chi connectivity index (χ1) is 9.36. The number of aromatic nitrogens is 1. The SMILES string of the molecule is COc1ccsc1-c1cnc(CCCNC2CC2)o1. The number of methoxy groups -OCH3 is 1. The van der Waals surface area contributed by atoms with Gasteiger partial charge in [-0.1, -0.05) is 0 Å². The van der Waals surface area contributed by atoms with Gasteiger partial charge in [0.2, 0.25) is 0 Å². The summed E-state index contributed by atoms with van der Waals surface area (Å²) in [7, 11) is 1.67. The Balaban J connectivity index is 1.56. The molecule has 102 valence electrons. The van der Waals surface area contributed by atoms with Gasteiger partial charge >= 0.3 is 0 Å². The molecule has 0 radical (unpaired) electrons. The van der Waals surface area contributed by atoms with E-state index in [-0.39, 0.29) is 0 Å². The van der Waals surface area contributed by atoms with Crippen LogP contribution in [-0.2, 0) is 6.42 Å². The van der Waals surface area contributed by atoms with Gasteiger partial charge < -0.3 is 14.5 Å². The van der Waals surface area contributed by atoms with Crippen molar-refractivity contribution in [1.29, 1.82) is 0 Å². The van der Waals surface area contributed by atoms with Gasteiger partial charge in [-0.3, -0.25) is 0 Å². The first kappa shape index (κ1) is 12.7. The molecule has 0 unspecified atom stereocenters. The second kappa shape index (κ2) is 5.75. The maximum absolute atomic E-state index is 5.78. The van der Waals surface area contributed by atoms with Crippen LogP contribution < -0.4 is 10.1 Å². The molecule has 1 aliphatic rings.